The minimum absolute atomic E-state index is 0.319. The Morgan fingerprint density at radius 1 is 1.50 bits per heavy atom. The van der Waals surface area contributed by atoms with Gasteiger partial charge in [-0.2, -0.15) is 13.2 Å². The maximum absolute atomic E-state index is 13.2. The van der Waals surface area contributed by atoms with E-state index in [0.717, 1.165) is 12.2 Å². The number of carboxylic acid groups (broad SMARTS) is 1. The van der Waals surface area contributed by atoms with E-state index in [-0.39, 0.29) is 0 Å². The summed E-state index contributed by atoms with van der Waals surface area (Å²) in [4.78, 5) is 10.3. The van der Waals surface area contributed by atoms with Gasteiger partial charge >= 0.3 is 12.1 Å². The van der Waals surface area contributed by atoms with Crippen molar-refractivity contribution in [3.05, 3.63) is 23.8 Å². The number of carbonyl (C=O) groups is 1. The molecule has 1 N–H and O–H groups in total. The molecule has 0 saturated carbocycles. The van der Waals surface area contributed by atoms with E-state index in [9.17, 15) is 22.4 Å². The lowest BCUT2D eigenvalue weighted by molar-refractivity contribution is -0.212. The third-order valence-corrected chi connectivity index (χ3v) is 1.85. The number of alkyl halides is 4. The summed E-state index contributed by atoms with van der Waals surface area (Å²) in [5.74, 6) is -1.54. The van der Waals surface area contributed by atoms with Crippen molar-refractivity contribution in [1.29, 1.82) is 0 Å². The van der Waals surface area contributed by atoms with E-state index in [0.29, 0.717) is 6.08 Å². The van der Waals surface area contributed by atoms with Gasteiger partial charge in [0.25, 0.3) is 0 Å². The lowest BCUT2D eigenvalue weighted by atomic mass is 9.91. The summed E-state index contributed by atoms with van der Waals surface area (Å²) in [6, 6.07) is 0. The van der Waals surface area contributed by atoms with E-state index in [1.165, 1.54) is 0 Å². The second-order valence-corrected chi connectivity index (χ2v) is 2.89. The zero-order valence-electron chi connectivity index (χ0n) is 6.81. The third-order valence-electron chi connectivity index (χ3n) is 1.85. The highest BCUT2D eigenvalue weighted by Gasteiger charge is 2.55. The lowest BCUT2D eigenvalue weighted by Crippen LogP contribution is -2.41. The predicted molar refractivity (Wildman–Crippen MR) is 39.4 cm³/mol. The molecule has 0 spiro atoms. The number of hydrogen-bond donors (Lipinski definition) is 1. The van der Waals surface area contributed by atoms with Crippen LogP contribution in [-0.4, -0.2) is 22.9 Å². The summed E-state index contributed by atoms with van der Waals surface area (Å²) < 4.78 is 49.5. The van der Waals surface area contributed by atoms with Crippen molar-refractivity contribution >= 4 is 5.97 Å². The summed E-state index contributed by atoms with van der Waals surface area (Å²) in [6.45, 7) is 0. The first-order valence-corrected chi connectivity index (χ1v) is 3.63. The summed E-state index contributed by atoms with van der Waals surface area (Å²) in [5.41, 5.74) is -4.15. The van der Waals surface area contributed by atoms with Crippen LogP contribution in [0.3, 0.4) is 0 Å². The topological polar surface area (TPSA) is 37.3 Å². The Kier molecular flexibility index (Phi) is 2.39. The van der Waals surface area contributed by atoms with Crippen LogP contribution in [0.15, 0.2) is 23.8 Å². The normalized spacial score (nSPS) is 27.3. The molecule has 0 saturated heterocycles. The molecule has 1 rings (SSSR count). The van der Waals surface area contributed by atoms with Crippen LogP contribution in [0, 0.1) is 0 Å². The van der Waals surface area contributed by atoms with Gasteiger partial charge in [-0.3, -0.25) is 0 Å². The van der Waals surface area contributed by atoms with Crippen LogP contribution in [0.1, 0.15) is 6.42 Å². The average molecular weight is 210 g/mol. The maximum Gasteiger partial charge on any atom is 0.426 e. The zero-order valence-corrected chi connectivity index (χ0v) is 6.81. The summed E-state index contributed by atoms with van der Waals surface area (Å²) in [7, 11) is 0. The Labute approximate surface area is 76.5 Å². The predicted octanol–water partition coefficient (Wildman–Crippen LogP) is 2.23. The first-order chi connectivity index (χ1) is 6.26. The Balaban J connectivity index is 2.96. The molecule has 0 aliphatic heterocycles. The minimum Gasteiger partial charge on any atom is -0.478 e. The molecule has 14 heavy (non-hydrogen) atoms. The van der Waals surface area contributed by atoms with Gasteiger partial charge in [-0.25, -0.2) is 9.18 Å². The monoisotopic (exact) mass is 210 g/mol. The molecule has 0 aromatic carbocycles. The molecule has 0 radical (unpaired) electrons. The second kappa shape index (κ2) is 3.11. The van der Waals surface area contributed by atoms with Crippen LogP contribution in [-0.2, 0) is 4.79 Å². The van der Waals surface area contributed by atoms with Crippen molar-refractivity contribution in [3.63, 3.8) is 0 Å². The number of aliphatic carboxylic acids is 1. The molecule has 78 valence electrons. The quantitative estimate of drug-likeness (QED) is 0.674. The zero-order chi connectivity index (χ0) is 11.0. The van der Waals surface area contributed by atoms with Crippen molar-refractivity contribution in [2.75, 3.05) is 0 Å². The first kappa shape index (κ1) is 10.7. The van der Waals surface area contributed by atoms with E-state index < -0.39 is 29.8 Å². The molecule has 2 nitrogen and oxygen atoms in total. The highest BCUT2D eigenvalue weighted by Crippen LogP contribution is 2.41. The first-order valence-electron chi connectivity index (χ1n) is 3.63. The van der Waals surface area contributed by atoms with Gasteiger partial charge in [0.1, 0.15) is 0 Å². The summed E-state index contributed by atoms with van der Waals surface area (Å²) >= 11 is 0. The van der Waals surface area contributed by atoms with Crippen LogP contribution >= 0.6 is 0 Å². The van der Waals surface area contributed by atoms with Crippen LogP contribution in [0.2, 0.25) is 0 Å². The Hall–Kier alpha value is -1.33. The van der Waals surface area contributed by atoms with Crippen LogP contribution in [0.25, 0.3) is 0 Å². The lowest BCUT2D eigenvalue weighted by Gasteiger charge is -2.26. The van der Waals surface area contributed by atoms with Gasteiger partial charge in [0.2, 0.25) is 5.67 Å². The van der Waals surface area contributed by atoms with Crippen molar-refractivity contribution in [2.45, 2.75) is 18.3 Å². The highest BCUT2D eigenvalue weighted by atomic mass is 19.4. The molecule has 1 unspecified atom stereocenters. The average Bonchev–Trinajstić information content (AvgIpc) is 2.02. The largest absolute Gasteiger partial charge is 0.478 e. The molecule has 1 aliphatic carbocycles. The smallest absolute Gasteiger partial charge is 0.426 e. The van der Waals surface area contributed by atoms with Gasteiger partial charge in [0, 0.05) is 12.0 Å². The third kappa shape index (κ3) is 1.78. The van der Waals surface area contributed by atoms with Crippen LogP contribution < -0.4 is 0 Å². The maximum atomic E-state index is 13.2. The Morgan fingerprint density at radius 2 is 2.07 bits per heavy atom. The highest BCUT2D eigenvalue weighted by molar-refractivity contribution is 5.87. The van der Waals surface area contributed by atoms with Gasteiger partial charge in [0.15, 0.2) is 0 Å². The number of halogens is 4. The van der Waals surface area contributed by atoms with E-state index in [4.69, 9.17) is 5.11 Å². The molecule has 0 bridgehead atoms. The molecular weight excluding hydrogens is 204 g/mol. The Morgan fingerprint density at radius 3 is 2.50 bits per heavy atom. The number of rotatable bonds is 1. The van der Waals surface area contributed by atoms with Gasteiger partial charge < -0.3 is 5.11 Å². The van der Waals surface area contributed by atoms with Gasteiger partial charge in [0.05, 0.1) is 0 Å². The van der Waals surface area contributed by atoms with Crippen LogP contribution in [0.5, 0.6) is 0 Å². The molecule has 6 heteroatoms. The molecule has 0 aromatic rings. The second-order valence-electron chi connectivity index (χ2n) is 2.89. The molecule has 0 fully saturated rings. The van der Waals surface area contributed by atoms with Crippen molar-refractivity contribution < 1.29 is 27.5 Å². The molecule has 1 aliphatic rings. The van der Waals surface area contributed by atoms with Crippen molar-refractivity contribution in [3.8, 4) is 0 Å². The number of hydrogen-bond acceptors (Lipinski definition) is 1. The molecule has 1 atom stereocenters. The van der Waals surface area contributed by atoms with E-state index in [1.807, 2.05) is 0 Å². The fraction of sp³-hybridized carbons (Fsp3) is 0.375. The van der Waals surface area contributed by atoms with Gasteiger partial charge in [-0.1, -0.05) is 12.2 Å². The SMILES string of the molecule is O=C(O)C1=CC=CC(F)(C(F)(F)F)C1. The van der Waals surface area contributed by atoms with E-state index >= 15 is 0 Å². The molecular formula is C8H6F4O2. The number of allylic oxidation sites excluding steroid dienone is 3. The Bertz CT molecular complexity index is 316. The summed E-state index contributed by atoms with van der Waals surface area (Å²) in [5, 5.41) is 8.40. The van der Waals surface area contributed by atoms with Crippen molar-refractivity contribution in [2.24, 2.45) is 0 Å². The fourth-order valence-electron chi connectivity index (χ4n) is 1.05. The van der Waals surface area contributed by atoms with Crippen LogP contribution in [0.4, 0.5) is 17.6 Å². The molecule has 0 aromatic heterocycles. The van der Waals surface area contributed by atoms with Gasteiger partial charge in [-0.15, -0.1) is 0 Å². The minimum atomic E-state index is -5.08. The van der Waals surface area contributed by atoms with E-state index in [1.54, 1.807) is 0 Å². The van der Waals surface area contributed by atoms with Crippen molar-refractivity contribution in [1.82, 2.24) is 0 Å². The fourth-order valence-corrected chi connectivity index (χ4v) is 1.05. The standard InChI is InChI=1S/C8H6F4O2/c9-7(8(10,11)12)3-1-2-5(4-7)6(13)14/h1-3H,4H2,(H,13,14). The molecule has 0 heterocycles. The molecule has 0 amide bonds. The number of carboxylic acids is 1. The van der Waals surface area contributed by atoms with Gasteiger partial charge in [-0.05, 0) is 6.08 Å². The van der Waals surface area contributed by atoms with E-state index in [2.05, 4.69) is 0 Å². The summed E-state index contributed by atoms with van der Waals surface area (Å²) in [6.07, 6.45) is -4.23.